The molecule has 1 amide bonds. The number of rotatable bonds is 2. The summed E-state index contributed by atoms with van der Waals surface area (Å²) in [4.78, 5) is 13.2. The number of halogens is 3. The van der Waals surface area contributed by atoms with Crippen molar-refractivity contribution in [1.29, 1.82) is 0 Å². The molecule has 2 aliphatic rings. The Bertz CT molecular complexity index is 574. The third kappa shape index (κ3) is 2.98. The van der Waals surface area contributed by atoms with Crippen LogP contribution in [-0.2, 0) is 11.2 Å². The molecule has 1 fully saturated rings. The number of alkyl halides is 3. The molecule has 0 saturated carbocycles. The van der Waals surface area contributed by atoms with Gasteiger partial charge in [0.25, 0.3) is 0 Å². The molecule has 4 nitrogen and oxygen atoms in total. The fourth-order valence-electron chi connectivity index (χ4n) is 2.90. The molecule has 2 aliphatic heterocycles. The Labute approximate surface area is 125 Å². The summed E-state index contributed by atoms with van der Waals surface area (Å²) in [5.41, 5.74) is 0.626. The molecule has 1 unspecified atom stereocenters. The van der Waals surface area contributed by atoms with Crippen LogP contribution in [0.2, 0.25) is 0 Å². The summed E-state index contributed by atoms with van der Waals surface area (Å²) in [6.07, 6.45) is -3.35. The first-order valence-electron chi connectivity index (χ1n) is 7.20. The van der Waals surface area contributed by atoms with Crippen LogP contribution in [0, 0.1) is 0 Å². The van der Waals surface area contributed by atoms with Gasteiger partial charge in [0.05, 0.1) is 6.42 Å². The highest BCUT2D eigenvalue weighted by molar-refractivity contribution is 5.79. The normalized spacial score (nSPS) is 21.0. The SMILES string of the molecule is O=C(Cc1ccc2c(c1)OCO2)N1CCCCC1C(F)(F)F. The number of piperidine rings is 1. The van der Waals surface area contributed by atoms with Gasteiger partial charge in [-0.15, -0.1) is 0 Å². The highest BCUT2D eigenvalue weighted by Gasteiger charge is 2.46. The molecule has 7 heteroatoms. The molecule has 0 bridgehead atoms. The molecule has 3 rings (SSSR count). The average Bonchev–Trinajstić information content (AvgIpc) is 2.94. The van der Waals surface area contributed by atoms with E-state index in [4.69, 9.17) is 9.47 Å². The van der Waals surface area contributed by atoms with E-state index in [-0.39, 0.29) is 26.2 Å². The molecular formula is C15H16F3NO3. The summed E-state index contributed by atoms with van der Waals surface area (Å²) in [7, 11) is 0. The minimum Gasteiger partial charge on any atom is -0.454 e. The van der Waals surface area contributed by atoms with Crippen molar-refractivity contribution in [3.63, 3.8) is 0 Å². The Morgan fingerprint density at radius 1 is 1.23 bits per heavy atom. The molecule has 22 heavy (non-hydrogen) atoms. The van der Waals surface area contributed by atoms with Crippen LogP contribution >= 0.6 is 0 Å². The van der Waals surface area contributed by atoms with Crippen LogP contribution in [0.3, 0.4) is 0 Å². The summed E-state index contributed by atoms with van der Waals surface area (Å²) >= 11 is 0. The smallest absolute Gasteiger partial charge is 0.408 e. The third-order valence-electron chi connectivity index (χ3n) is 3.99. The number of hydrogen-bond acceptors (Lipinski definition) is 3. The van der Waals surface area contributed by atoms with Crippen molar-refractivity contribution in [2.24, 2.45) is 0 Å². The predicted molar refractivity (Wildman–Crippen MR) is 71.7 cm³/mol. The number of nitrogens with zero attached hydrogens (tertiary/aromatic N) is 1. The third-order valence-corrected chi connectivity index (χ3v) is 3.99. The number of ether oxygens (including phenoxy) is 2. The van der Waals surface area contributed by atoms with Crippen molar-refractivity contribution in [1.82, 2.24) is 4.90 Å². The van der Waals surface area contributed by atoms with Crippen LogP contribution in [0.5, 0.6) is 11.5 Å². The maximum atomic E-state index is 13.0. The minimum atomic E-state index is -4.37. The van der Waals surface area contributed by atoms with Gasteiger partial charge in [-0.1, -0.05) is 6.07 Å². The zero-order chi connectivity index (χ0) is 15.7. The van der Waals surface area contributed by atoms with Crippen LogP contribution < -0.4 is 9.47 Å². The molecule has 120 valence electrons. The quantitative estimate of drug-likeness (QED) is 0.842. The van der Waals surface area contributed by atoms with E-state index in [2.05, 4.69) is 0 Å². The molecular weight excluding hydrogens is 299 g/mol. The number of benzene rings is 1. The van der Waals surface area contributed by atoms with Crippen molar-refractivity contribution >= 4 is 5.91 Å². The number of fused-ring (bicyclic) bond motifs is 1. The summed E-state index contributed by atoms with van der Waals surface area (Å²) in [6, 6.07) is 3.33. The molecule has 0 aromatic heterocycles. The molecule has 1 aromatic carbocycles. The van der Waals surface area contributed by atoms with Gasteiger partial charge in [-0.05, 0) is 37.0 Å². The molecule has 0 radical (unpaired) electrons. The largest absolute Gasteiger partial charge is 0.454 e. The lowest BCUT2D eigenvalue weighted by Gasteiger charge is -2.36. The Kier molecular flexibility index (Phi) is 3.88. The Morgan fingerprint density at radius 2 is 2.00 bits per heavy atom. The van der Waals surface area contributed by atoms with E-state index in [1.807, 2.05) is 0 Å². The first-order chi connectivity index (χ1) is 10.4. The molecule has 1 atom stereocenters. The first kappa shape index (κ1) is 15.0. The molecule has 1 aromatic rings. The number of carbonyl (C=O) groups excluding carboxylic acids is 1. The second-order valence-corrected chi connectivity index (χ2v) is 5.50. The Balaban J connectivity index is 1.72. The van der Waals surface area contributed by atoms with Gasteiger partial charge in [0.2, 0.25) is 12.7 Å². The van der Waals surface area contributed by atoms with Crippen molar-refractivity contribution in [3.05, 3.63) is 23.8 Å². The number of carbonyl (C=O) groups is 1. The summed E-state index contributed by atoms with van der Waals surface area (Å²) in [5.74, 6) is 0.611. The lowest BCUT2D eigenvalue weighted by molar-refractivity contribution is -0.195. The van der Waals surface area contributed by atoms with Crippen LogP contribution in [-0.4, -0.2) is 36.4 Å². The molecule has 0 N–H and O–H groups in total. The first-order valence-corrected chi connectivity index (χ1v) is 7.20. The zero-order valence-electron chi connectivity index (χ0n) is 11.9. The lowest BCUT2D eigenvalue weighted by atomic mass is 10.00. The molecule has 0 spiro atoms. The fraction of sp³-hybridized carbons (Fsp3) is 0.533. The van der Waals surface area contributed by atoms with E-state index in [9.17, 15) is 18.0 Å². The lowest BCUT2D eigenvalue weighted by Crippen LogP contribution is -2.51. The predicted octanol–water partition coefficient (Wildman–Crippen LogP) is 2.90. The standard InChI is InChI=1S/C15H16F3NO3/c16-15(17,18)13-3-1-2-6-19(13)14(20)8-10-4-5-11-12(7-10)22-9-21-11/h4-5,7,13H,1-3,6,8-9H2. The number of likely N-dealkylation sites (tertiary alicyclic amines) is 1. The maximum Gasteiger partial charge on any atom is 0.408 e. The Hall–Kier alpha value is -1.92. The minimum absolute atomic E-state index is 0.0175. The summed E-state index contributed by atoms with van der Waals surface area (Å²) in [6.45, 7) is 0.280. The second-order valence-electron chi connectivity index (χ2n) is 5.50. The van der Waals surface area contributed by atoms with Crippen LogP contribution in [0.1, 0.15) is 24.8 Å². The maximum absolute atomic E-state index is 13.0. The van der Waals surface area contributed by atoms with Gasteiger partial charge in [-0.3, -0.25) is 4.79 Å². The van der Waals surface area contributed by atoms with Crippen LogP contribution in [0.4, 0.5) is 13.2 Å². The van der Waals surface area contributed by atoms with Crippen molar-refractivity contribution in [2.75, 3.05) is 13.3 Å². The fourth-order valence-corrected chi connectivity index (χ4v) is 2.90. The Morgan fingerprint density at radius 3 is 2.77 bits per heavy atom. The van der Waals surface area contributed by atoms with Crippen molar-refractivity contribution in [3.8, 4) is 11.5 Å². The monoisotopic (exact) mass is 315 g/mol. The van der Waals surface area contributed by atoms with Crippen LogP contribution in [0.25, 0.3) is 0 Å². The summed E-state index contributed by atoms with van der Waals surface area (Å²) in [5, 5.41) is 0. The van der Waals surface area contributed by atoms with E-state index >= 15 is 0 Å². The molecule has 1 saturated heterocycles. The zero-order valence-corrected chi connectivity index (χ0v) is 11.9. The topological polar surface area (TPSA) is 38.8 Å². The van der Waals surface area contributed by atoms with E-state index < -0.39 is 18.1 Å². The van der Waals surface area contributed by atoms with Gasteiger partial charge in [0.1, 0.15) is 6.04 Å². The number of amides is 1. The molecule has 0 aliphatic carbocycles. The van der Waals surface area contributed by atoms with Gasteiger partial charge >= 0.3 is 6.18 Å². The van der Waals surface area contributed by atoms with Gasteiger partial charge < -0.3 is 14.4 Å². The van der Waals surface area contributed by atoms with E-state index in [1.165, 1.54) is 0 Å². The van der Waals surface area contributed by atoms with Gasteiger partial charge in [-0.2, -0.15) is 13.2 Å². The van der Waals surface area contributed by atoms with E-state index in [1.54, 1.807) is 18.2 Å². The van der Waals surface area contributed by atoms with E-state index in [0.29, 0.717) is 29.9 Å². The van der Waals surface area contributed by atoms with Crippen LogP contribution in [0.15, 0.2) is 18.2 Å². The second kappa shape index (κ2) is 5.70. The molecule has 2 heterocycles. The number of hydrogen-bond donors (Lipinski definition) is 0. The highest BCUT2D eigenvalue weighted by atomic mass is 19.4. The van der Waals surface area contributed by atoms with E-state index in [0.717, 1.165) is 4.90 Å². The van der Waals surface area contributed by atoms with Gasteiger partial charge in [0.15, 0.2) is 11.5 Å². The highest BCUT2D eigenvalue weighted by Crippen LogP contribution is 2.34. The average molecular weight is 315 g/mol. The summed E-state index contributed by atoms with van der Waals surface area (Å²) < 4.78 is 49.5. The van der Waals surface area contributed by atoms with Crippen molar-refractivity contribution < 1.29 is 27.4 Å². The van der Waals surface area contributed by atoms with Gasteiger partial charge in [-0.25, -0.2) is 0 Å². The van der Waals surface area contributed by atoms with Gasteiger partial charge in [0, 0.05) is 6.54 Å². The van der Waals surface area contributed by atoms with Crippen molar-refractivity contribution in [2.45, 2.75) is 37.9 Å².